The van der Waals surface area contributed by atoms with E-state index >= 15 is 0 Å². The Kier molecular flexibility index (Phi) is 2.72. The van der Waals surface area contributed by atoms with Gasteiger partial charge in [-0.1, -0.05) is 12.1 Å². The van der Waals surface area contributed by atoms with Crippen molar-refractivity contribution in [3.8, 4) is 6.07 Å². The number of methoxy groups -OCH3 is 1. The Morgan fingerprint density at radius 1 is 1.53 bits per heavy atom. The lowest BCUT2D eigenvalue weighted by Crippen LogP contribution is -2.61. The van der Waals surface area contributed by atoms with Crippen molar-refractivity contribution in [3.63, 3.8) is 0 Å². The molecular formula is C12H14N2O. The van der Waals surface area contributed by atoms with Crippen molar-refractivity contribution in [2.45, 2.75) is 12.0 Å². The number of nitriles is 1. The fourth-order valence-corrected chi connectivity index (χ4v) is 1.87. The first-order valence-electron chi connectivity index (χ1n) is 5.03. The smallest absolute Gasteiger partial charge is 0.0991 e. The van der Waals surface area contributed by atoms with Crippen LogP contribution >= 0.6 is 0 Å². The van der Waals surface area contributed by atoms with E-state index in [9.17, 15) is 0 Å². The summed E-state index contributed by atoms with van der Waals surface area (Å²) in [4.78, 5) is 0. The Labute approximate surface area is 89.7 Å². The summed E-state index contributed by atoms with van der Waals surface area (Å²) in [5.41, 5.74) is 1.82. The molecule has 0 atom stereocenters. The Morgan fingerprint density at radius 3 is 2.87 bits per heavy atom. The van der Waals surface area contributed by atoms with Crippen molar-refractivity contribution in [1.29, 1.82) is 5.26 Å². The normalized spacial score (nSPS) is 17.9. The van der Waals surface area contributed by atoms with Gasteiger partial charge in [0.05, 0.1) is 17.2 Å². The fourth-order valence-electron chi connectivity index (χ4n) is 1.87. The molecule has 1 N–H and O–H groups in total. The van der Waals surface area contributed by atoms with Gasteiger partial charge in [-0.25, -0.2) is 0 Å². The molecule has 15 heavy (non-hydrogen) atoms. The summed E-state index contributed by atoms with van der Waals surface area (Å²) in [6.07, 6.45) is 0.867. The summed E-state index contributed by atoms with van der Waals surface area (Å²) in [5.74, 6) is 0. The van der Waals surface area contributed by atoms with E-state index in [0.29, 0.717) is 5.56 Å². The molecular weight excluding hydrogens is 188 g/mol. The first-order chi connectivity index (χ1) is 7.28. The molecule has 0 saturated carbocycles. The SMILES string of the molecule is COC1(Cc2cccc(C#N)c2)CNC1. The molecule has 0 spiro atoms. The molecule has 1 aromatic rings. The number of nitrogens with zero attached hydrogens (tertiary/aromatic N) is 1. The molecule has 2 rings (SSSR count). The van der Waals surface area contributed by atoms with Crippen LogP contribution in [-0.4, -0.2) is 25.8 Å². The van der Waals surface area contributed by atoms with Crippen LogP contribution in [0.3, 0.4) is 0 Å². The van der Waals surface area contributed by atoms with Crippen molar-refractivity contribution in [2.24, 2.45) is 0 Å². The molecule has 0 bridgehead atoms. The van der Waals surface area contributed by atoms with E-state index in [2.05, 4.69) is 11.4 Å². The predicted octanol–water partition coefficient (Wildman–Crippen LogP) is 1.09. The molecule has 1 saturated heterocycles. The maximum atomic E-state index is 8.80. The van der Waals surface area contributed by atoms with Gasteiger partial charge in [0.15, 0.2) is 0 Å². The Balaban J connectivity index is 2.13. The number of rotatable bonds is 3. The number of hydrogen-bond donors (Lipinski definition) is 1. The van der Waals surface area contributed by atoms with Gasteiger partial charge in [-0.15, -0.1) is 0 Å². The molecule has 0 aliphatic carbocycles. The molecule has 3 nitrogen and oxygen atoms in total. The molecule has 78 valence electrons. The van der Waals surface area contributed by atoms with Crippen LogP contribution in [0.15, 0.2) is 24.3 Å². The van der Waals surface area contributed by atoms with Gasteiger partial charge >= 0.3 is 0 Å². The topological polar surface area (TPSA) is 45.0 Å². The molecule has 0 radical (unpaired) electrons. The third-order valence-corrected chi connectivity index (χ3v) is 2.91. The van der Waals surface area contributed by atoms with Crippen LogP contribution in [0.1, 0.15) is 11.1 Å². The number of benzene rings is 1. The lowest BCUT2D eigenvalue weighted by molar-refractivity contribution is -0.0502. The average Bonchev–Trinajstić information content (AvgIpc) is 2.24. The standard InChI is InChI=1S/C12H14N2O/c1-15-12(8-14-9-12)6-10-3-2-4-11(5-10)7-13/h2-5,14H,6,8-9H2,1H3. The molecule has 1 aliphatic rings. The highest BCUT2D eigenvalue weighted by molar-refractivity contribution is 5.33. The second-order valence-corrected chi connectivity index (χ2v) is 3.98. The van der Waals surface area contributed by atoms with E-state index in [-0.39, 0.29) is 5.60 Å². The number of ether oxygens (including phenoxy) is 1. The van der Waals surface area contributed by atoms with E-state index < -0.39 is 0 Å². The molecule has 1 heterocycles. The predicted molar refractivity (Wildman–Crippen MR) is 57.5 cm³/mol. The molecule has 0 aromatic heterocycles. The van der Waals surface area contributed by atoms with E-state index in [4.69, 9.17) is 10.00 Å². The minimum absolute atomic E-state index is 0.0614. The summed E-state index contributed by atoms with van der Waals surface area (Å²) < 4.78 is 5.51. The van der Waals surface area contributed by atoms with Crippen LogP contribution in [0.5, 0.6) is 0 Å². The van der Waals surface area contributed by atoms with Gasteiger partial charge in [-0.2, -0.15) is 5.26 Å². The van der Waals surface area contributed by atoms with Gasteiger partial charge in [0.25, 0.3) is 0 Å². The second kappa shape index (κ2) is 4.01. The number of nitrogens with one attached hydrogen (secondary N) is 1. The molecule has 3 heteroatoms. The monoisotopic (exact) mass is 202 g/mol. The maximum absolute atomic E-state index is 8.80. The average molecular weight is 202 g/mol. The minimum atomic E-state index is -0.0614. The van der Waals surface area contributed by atoms with E-state index in [1.165, 1.54) is 0 Å². The third-order valence-electron chi connectivity index (χ3n) is 2.91. The van der Waals surface area contributed by atoms with Crippen LogP contribution in [0.4, 0.5) is 0 Å². The summed E-state index contributed by atoms with van der Waals surface area (Å²) in [7, 11) is 1.75. The zero-order chi connectivity index (χ0) is 10.7. The highest BCUT2D eigenvalue weighted by atomic mass is 16.5. The third kappa shape index (κ3) is 2.01. The van der Waals surface area contributed by atoms with Gasteiger partial charge in [0.2, 0.25) is 0 Å². The summed E-state index contributed by atoms with van der Waals surface area (Å²) in [6, 6.07) is 9.86. The first kappa shape index (κ1) is 10.2. The Hall–Kier alpha value is -1.37. The van der Waals surface area contributed by atoms with Crippen molar-refractivity contribution < 1.29 is 4.74 Å². The van der Waals surface area contributed by atoms with Crippen molar-refractivity contribution in [3.05, 3.63) is 35.4 Å². The lowest BCUT2D eigenvalue weighted by Gasteiger charge is -2.41. The highest BCUT2D eigenvalue weighted by Crippen LogP contribution is 2.22. The van der Waals surface area contributed by atoms with Gasteiger partial charge in [0.1, 0.15) is 0 Å². The summed E-state index contributed by atoms with van der Waals surface area (Å²) >= 11 is 0. The largest absolute Gasteiger partial charge is 0.375 e. The zero-order valence-electron chi connectivity index (χ0n) is 8.79. The highest BCUT2D eigenvalue weighted by Gasteiger charge is 2.36. The Bertz CT molecular complexity index is 385. The van der Waals surface area contributed by atoms with Crippen LogP contribution in [-0.2, 0) is 11.2 Å². The fraction of sp³-hybridized carbons (Fsp3) is 0.417. The van der Waals surface area contributed by atoms with Gasteiger partial charge in [-0.3, -0.25) is 0 Å². The van der Waals surface area contributed by atoms with Gasteiger partial charge in [-0.05, 0) is 17.7 Å². The van der Waals surface area contributed by atoms with Crippen LogP contribution in [0.25, 0.3) is 0 Å². The summed E-state index contributed by atoms with van der Waals surface area (Å²) in [6.45, 7) is 1.78. The van der Waals surface area contributed by atoms with Crippen molar-refractivity contribution in [2.75, 3.05) is 20.2 Å². The molecule has 1 fully saturated rings. The second-order valence-electron chi connectivity index (χ2n) is 3.98. The van der Waals surface area contributed by atoms with Crippen molar-refractivity contribution >= 4 is 0 Å². The first-order valence-corrected chi connectivity index (χ1v) is 5.03. The molecule has 0 amide bonds. The minimum Gasteiger partial charge on any atom is -0.375 e. The van der Waals surface area contributed by atoms with E-state index in [0.717, 1.165) is 25.1 Å². The molecule has 1 aliphatic heterocycles. The lowest BCUT2D eigenvalue weighted by atomic mass is 9.88. The van der Waals surface area contributed by atoms with Crippen LogP contribution in [0, 0.1) is 11.3 Å². The maximum Gasteiger partial charge on any atom is 0.0991 e. The summed E-state index contributed by atoms with van der Waals surface area (Å²) in [5, 5.41) is 12.0. The zero-order valence-corrected chi connectivity index (χ0v) is 8.79. The van der Waals surface area contributed by atoms with Crippen LogP contribution < -0.4 is 5.32 Å². The quantitative estimate of drug-likeness (QED) is 0.798. The van der Waals surface area contributed by atoms with Gasteiger partial charge in [0, 0.05) is 26.6 Å². The van der Waals surface area contributed by atoms with Gasteiger partial charge < -0.3 is 10.1 Å². The Morgan fingerprint density at radius 2 is 2.33 bits per heavy atom. The molecule has 1 aromatic carbocycles. The van der Waals surface area contributed by atoms with E-state index in [1.807, 2.05) is 24.3 Å². The van der Waals surface area contributed by atoms with E-state index in [1.54, 1.807) is 7.11 Å². The molecule has 0 unspecified atom stereocenters. The number of hydrogen-bond acceptors (Lipinski definition) is 3. The van der Waals surface area contributed by atoms with Crippen molar-refractivity contribution in [1.82, 2.24) is 5.32 Å². The van der Waals surface area contributed by atoms with Crippen LogP contribution in [0.2, 0.25) is 0 Å².